The smallest absolute Gasteiger partial charge is 0.0994 e. The van der Waals surface area contributed by atoms with Crippen molar-refractivity contribution in [3.8, 4) is 0 Å². The molecule has 5 nitrogen and oxygen atoms in total. The largest absolute Gasteiger partial charge is 0.330 e. The van der Waals surface area contributed by atoms with Gasteiger partial charge in [0.05, 0.1) is 74.4 Å². The van der Waals surface area contributed by atoms with Crippen LogP contribution in [0.25, 0.3) is 0 Å². The third-order valence-electron chi connectivity index (χ3n) is 8.45. The number of likely N-dealkylation sites (N-methyl/N-ethyl adjacent to an activating group) is 1. The number of hydrogen-bond acceptors (Lipinski definition) is 6. The highest BCUT2D eigenvalue weighted by atomic mass is 32.2. The monoisotopic (exact) mass is 566 g/mol. The Hall–Kier alpha value is -3.00. The van der Waals surface area contributed by atoms with Crippen LogP contribution in [0.3, 0.4) is 0 Å². The zero-order valence-electron chi connectivity index (χ0n) is 23.2. The molecule has 3 aliphatic heterocycles. The molecule has 4 aromatic rings. The number of benzene rings is 2. The molecule has 5 heterocycles. The molecular formula is C33H36N5S2+. The minimum absolute atomic E-state index is 0.400. The van der Waals surface area contributed by atoms with Gasteiger partial charge in [0.2, 0.25) is 0 Å². The normalized spacial score (nSPS) is 21.9. The van der Waals surface area contributed by atoms with Gasteiger partial charge in [-0.1, -0.05) is 67.1 Å². The summed E-state index contributed by atoms with van der Waals surface area (Å²) in [5, 5.41) is 0. The maximum Gasteiger partial charge on any atom is 0.0994 e. The molecule has 1 fully saturated rings. The number of hydrogen-bond donors (Lipinski definition) is 0. The fourth-order valence-corrected chi connectivity index (χ4v) is 8.88. The summed E-state index contributed by atoms with van der Waals surface area (Å²) >= 11 is 3.74. The summed E-state index contributed by atoms with van der Waals surface area (Å²) in [4.78, 5) is 19.7. The van der Waals surface area contributed by atoms with E-state index in [0.29, 0.717) is 12.1 Å². The van der Waals surface area contributed by atoms with E-state index in [1.807, 2.05) is 35.9 Å². The molecule has 3 aliphatic rings. The maximum atomic E-state index is 4.57. The molecule has 0 bridgehead atoms. The Labute approximate surface area is 246 Å². The Kier molecular flexibility index (Phi) is 6.98. The first-order valence-electron chi connectivity index (χ1n) is 14.4. The van der Waals surface area contributed by atoms with E-state index in [1.165, 1.54) is 74.4 Å². The van der Waals surface area contributed by atoms with E-state index in [0.717, 1.165) is 17.6 Å². The van der Waals surface area contributed by atoms with Crippen LogP contribution in [0.5, 0.6) is 0 Å². The average Bonchev–Trinajstić information content (AvgIpc) is 2.97. The predicted octanol–water partition coefficient (Wildman–Crippen LogP) is 8.16. The fourth-order valence-electron chi connectivity index (χ4n) is 6.81. The van der Waals surface area contributed by atoms with Gasteiger partial charge in [0.15, 0.2) is 0 Å². The van der Waals surface area contributed by atoms with Crippen molar-refractivity contribution in [3.63, 3.8) is 0 Å². The highest BCUT2D eigenvalue weighted by Crippen LogP contribution is 2.51. The number of nitrogens with zero attached hydrogens (tertiary/aromatic N) is 5. The summed E-state index contributed by atoms with van der Waals surface area (Å²) in [5.41, 5.74) is 5.17. The van der Waals surface area contributed by atoms with Crippen molar-refractivity contribution in [2.24, 2.45) is 0 Å². The standard InChI is InChI=1S/C33H36N5S2/c1-38(2)22-24(36-26-12-6-8-14-30(26)39-32-16-18-34-20-28(32)36)10-4-3-5-11-25(23-38)37-27-13-7-9-15-31(27)40-33-17-19-35-21-29(33)37/h6-9,12-21,24-25H,3-5,10-11,22-23H2,1-2H3/q+1. The van der Waals surface area contributed by atoms with Gasteiger partial charge in [0, 0.05) is 32.0 Å². The van der Waals surface area contributed by atoms with Crippen LogP contribution in [-0.4, -0.2) is 53.7 Å². The lowest BCUT2D eigenvalue weighted by Gasteiger charge is -2.46. The summed E-state index contributed by atoms with van der Waals surface area (Å²) in [6, 6.07) is 23.0. The van der Waals surface area contributed by atoms with Gasteiger partial charge in [0.1, 0.15) is 0 Å². The number of rotatable bonds is 2. The van der Waals surface area contributed by atoms with Crippen LogP contribution in [0, 0.1) is 0 Å². The summed E-state index contributed by atoms with van der Waals surface area (Å²) in [6.07, 6.45) is 14.1. The molecule has 0 N–H and O–H groups in total. The van der Waals surface area contributed by atoms with E-state index in [2.05, 4.69) is 107 Å². The van der Waals surface area contributed by atoms with Gasteiger partial charge in [-0.05, 0) is 49.2 Å². The number of quaternary nitrogens is 1. The lowest BCUT2D eigenvalue weighted by molar-refractivity contribution is -0.892. The van der Waals surface area contributed by atoms with Gasteiger partial charge in [-0.3, -0.25) is 9.97 Å². The Morgan fingerprint density at radius 2 is 1.05 bits per heavy atom. The lowest BCUT2D eigenvalue weighted by atomic mass is 9.97. The number of para-hydroxylation sites is 2. The fraction of sp³-hybridized carbons (Fsp3) is 0.333. The lowest BCUT2D eigenvalue weighted by Crippen LogP contribution is -2.56. The Balaban J connectivity index is 1.25. The zero-order valence-corrected chi connectivity index (χ0v) is 24.9. The number of pyridine rings is 2. The first-order valence-corrected chi connectivity index (χ1v) is 16.0. The number of aromatic nitrogens is 2. The molecule has 0 spiro atoms. The minimum Gasteiger partial charge on any atom is -0.330 e. The average molecular weight is 567 g/mol. The van der Waals surface area contributed by atoms with Gasteiger partial charge >= 0.3 is 0 Å². The van der Waals surface area contributed by atoms with Crippen LogP contribution in [0.2, 0.25) is 0 Å². The molecule has 0 amide bonds. The van der Waals surface area contributed by atoms with Crippen molar-refractivity contribution in [1.29, 1.82) is 0 Å². The van der Waals surface area contributed by atoms with Crippen molar-refractivity contribution in [2.45, 2.75) is 63.8 Å². The predicted molar refractivity (Wildman–Crippen MR) is 166 cm³/mol. The van der Waals surface area contributed by atoms with E-state index in [4.69, 9.17) is 0 Å². The van der Waals surface area contributed by atoms with E-state index >= 15 is 0 Å². The van der Waals surface area contributed by atoms with Gasteiger partial charge < -0.3 is 14.3 Å². The third-order valence-corrected chi connectivity index (χ3v) is 10.7. The quantitative estimate of drug-likeness (QED) is 0.228. The van der Waals surface area contributed by atoms with E-state index in [9.17, 15) is 0 Å². The van der Waals surface area contributed by atoms with E-state index < -0.39 is 0 Å². The Morgan fingerprint density at radius 1 is 0.600 bits per heavy atom. The van der Waals surface area contributed by atoms with Crippen LogP contribution < -0.4 is 9.80 Å². The molecule has 2 atom stereocenters. The molecule has 204 valence electrons. The maximum absolute atomic E-state index is 4.57. The summed E-state index contributed by atoms with van der Waals surface area (Å²) in [5.74, 6) is 0. The summed E-state index contributed by atoms with van der Waals surface area (Å²) in [7, 11) is 4.87. The molecule has 7 rings (SSSR count). The first kappa shape index (κ1) is 25.9. The van der Waals surface area contributed by atoms with E-state index in [1.54, 1.807) is 0 Å². The molecule has 2 aromatic carbocycles. The second-order valence-corrected chi connectivity index (χ2v) is 14.0. The van der Waals surface area contributed by atoms with Crippen molar-refractivity contribution >= 4 is 46.3 Å². The van der Waals surface area contributed by atoms with Gasteiger partial charge in [-0.15, -0.1) is 0 Å². The first-order chi connectivity index (χ1) is 19.6. The van der Waals surface area contributed by atoms with Gasteiger partial charge in [-0.2, -0.15) is 0 Å². The molecule has 0 aliphatic carbocycles. The Bertz CT molecular complexity index is 1320. The van der Waals surface area contributed by atoms with Crippen molar-refractivity contribution < 1.29 is 4.48 Å². The second kappa shape index (κ2) is 10.8. The van der Waals surface area contributed by atoms with E-state index in [-0.39, 0.29) is 0 Å². The summed E-state index contributed by atoms with van der Waals surface area (Å²) < 4.78 is 0.956. The highest BCUT2D eigenvalue weighted by Gasteiger charge is 2.38. The number of anilines is 4. The van der Waals surface area contributed by atoms with Crippen LogP contribution in [-0.2, 0) is 0 Å². The summed E-state index contributed by atoms with van der Waals surface area (Å²) in [6.45, 7) is 2.15. The molecule has 0 radical (unpaired) electrons. The van der Waals surface area contributed by atoms with Crippen LogP contribution in [0.15, 0.2) is 105 Å². The zero-order chi connectivity index (χ0) is 27.1. The SMILES string of the molecule is C[N+]1(C)CC(N2c3ccccc3Sc3ccncc32)CCCCCC(N2c3ccccc3Sc3ccncc32)C1. The van der Waals surface area contributed by atoms with Crippen molar-refractivity contribution in [2.75, 3.05) is 37.0 Å². The molecule has 40 heavy (non-hydrogen) atoms. The van der Waals surface area contributed by atoms with Crippen molar-refractivity contribution in [3.05, 3.63) is 85.5 Å². The molecule has 7 heteroatoms. The van der Waals surface area contributed by atoms with Crippen LogP contribution in [0.1, 0.15) is 32.1 Å². The minimum atomic E-state index is 0.400. The van der Waals surface area contributed by atoms with Crippen molar-refractivity contribution in [1.82, 2.24) is 9.97 Å². The highest BCUT2D eigenvalue weighted by molar-refractivity contribution is 8.00. The van der Waals surface area contributed by atoms with Crippen LogP contribution in [0.4, 0.5) is 22.7 Å². The molecule has 0 saturated carbocycles. The molecule has 2 aromatic heterocycles. The van der Waals surface area contributed by atoms with Gasteiger partial charge in [-0.25, -0.2) is 0 Å². The topological polar surface area (TPSA) is 32.3 Å². The van der Waals surface area contributed by atoms with Gasteiger partial charge in [0.25, 0.3) is 0 Å². The van der Waals surface area contributed by atoms with Crippen LogP contribution >= 0.6 is 23.5 Å². The number of fused-ring (bicyclic) bond motifs is 4. The molecule has 2 unspecified atom stereocenters. The third kappa shape index (κ3) is 4.89. The molecular weight excluding hydrogens is 531 g/mol. The second-order valence-electron chi connectivity index (χ2n) is 11.8. The molecule has 1 saturated heterocycles. The Morgan fingerprint density at radius 3 is 1.55 bits per heavy atom.